The molecule has 0 aliphatic rings. The van der Waals surface area contributed by atoms with Crippen molar-refractivity contribution in [1.82, 2.24) is 4.98 Å². The van der Waals surface area contributed by atoms with Crippen molar-refractivity contribution in [2.24, 2.45) is 0 Å². The molecular weight excluding hydrogens is 340 g/mol. The minimum absolute atomic E-state index is 0.245. The summed E-state index contributed by atoms with van der Waals surface area (Å²) < 4.78 is 5.26. The molecule has 0 saturated heterocycles. The summed E-state index contributed by atoms with van der Waals surface area (Å²) in [5.74, 6) is -0.845. The Morgan fingerprint density at radius 2 is 1.85 bits per heavy atom. The zero-order valence-corrected chi connectivity index (χ0v) is 15.0. The molecule has 1 N–H and O–H groups in total. The fraction of sp³-hybridized carbons (Fsp3) is 0.136. The van der Waals surface area contributed by atoms with Crippen molar-refractivity contribution in [2.45, 2.75) is 20.0 Å². The maximum Gasteiger partial charge on any atom is 0.331 e. The molecule has 0 aliphatic carbocycles. The first-order valence-corrected chi connectivity index (χ1v) is 8.50. The van der Waals surface area contributed by atoms with Gasteiger partial charge in [-0.2, -0.15) is 5.26 Å². The lowest BCUT2D eigenvalue weighted by atomic mass is 10.0. The van der Waals surface area contributed by atoms with Gasteiger partial charge < -0.3 is 9.72 Å². The number of esters is 1. The maximum absolute atomic E-state index is 12.8. The number of benzene rings is 2. The van der Waals surface area contributed by atoms with Crippen LogP contribution >= 0.6 is 0 Å². The van der Waals surface area contributed by atoms with Crippen LogP contribution in [0.3, 0.4) is 0 Å². The van der Waals surface area contributed by atoms with Crippen molar-refractivity contribution in [3.8, 4) is 6.07 Å². The van der Waals surface area contributed by atoms with Crippen LogP contribution in [-0.2, 0) is 9.53 Å². The number of hydrogen-bond donors (Lipinski definition) is 1. The van der Waals surface area contributed by atoms with Gasteiger partial charge in [0, 0.05) is 28.2 Å². The molecule has 134 valence electrons. The molecule has 0 radical (unpaired) electrons. The average Bonchev–Trinajstić information content (AvgIpc) is 3.01. The van der Waals surface area contributed by atoms with E-state index in [1.807, 2.05) is 37.3 Å². The van der Waals surface area contributed by atoms with Gasteiger partial charge in [0.25, 0.3) is 0 Å². The smallest absolute Gasteiger partial charge is 0.331 e. The number of ether oxygens (including phenoxy) is 1. The molecular formula is C22H18N2O3. The number of nitrogens with zero attached hydrogens (tertiary/aromatic N) is 1. The molecule has 1 heterocycles. The highest BCUT2D eigenvalue weighted by Crippen LogP contribution is 2.23. The van der Waals surface area contributed by atoms with Crippen molar-refractivity contribution in [1.29, 1.82) is 5.26 Å². The highest BCUT2D eigenvalue weighted by atomic mass is 16.5. The van der Waals surface area contributed by atoms with E-state index in [9.17, 15) is 9.59 Å². The molecule has 0 aliphatic heterocycles. The largest absolute Gasteiger partial charge is 0.451 e. The number of nitriles is 1. The number of para-hydroxylation sites is 1. The number of Topliss-reactive ketones (excluding diaryl/α,β-unsaturated/α-hetero) is 1. The van der Waals surface area contributed by atoms with E-state index in [0.717, 1.165) is 22.2 Å². The number of carbonyl (C=O) groups excluding carboxylic acids is 2. The minimum Gasteiger partial charge on any atom is -0.451 e. The standard InChI is InChI=1S/C22H18N2O3/c1-14-21(18-5-3-4-6-19(18)24-14)22(26)15(2)27-20(25)12-11-16-7-9-17(13-23)10-8-16/h3-12,15,24H,1-2H3/b12-11+/t15-/m0/s1. The van der Waals surface area contributed by atoms with Gasteiger partial charge >= 0.3 is 5.97 Å². The summed E-state index contributed by atoms with van der Waals surface area (Å²) in [6, 6.07) is 16.3. The van der Waals surface area contributed by atoms with E-state index in [-0.39, 0.29) is 5.78 Å². The molecule has 0 unspecified atom stereocenters. The van der Waals surface area contributed by atoms with Gasteiger partial charge in [0.2, 0.25) is 5.78 Å². The van der Waals surface area contributed by atoms with E-state index in [0.29, 0.717) is 11.1 Å². The van der Waals surface area contributed by atoms with Crippen molar-refractivity contribution < 1.29 is 14.3 Å². The van der Waals surface area contributed by atoms with E-state index < -0.39 is 12.1 Å². The van der Waals surface area contributed by atoms with Crippen LogP contribution in [0.25, 0.3) is 17.0 Å². The van der Waals surface area contributed by atoms with E-state index >= 15 is 0 Å². The Bertz CT molecular complexity index is 1070. The zero-order chi connectivity index (χ0) is 19.4. The summed E-state index contributed by atoms with van der Waals surface area (Å²) in [5, 5.41) is 9.60. The van der Waals surface area contributed by atoms with Crippen LogP contribution in [0.2, 0.25) is 0 Å². The summed E-state index contributed by atoms with van der Waals surface area (Å²) >= 11 is 0. The molecule has 1 aromatic heterocycles. The van der Waals surface area contributed by atoms with E-state index in [1.54, 1.807) is 37.3 Å². The van der Waals surface area contributed by atoms with Crippen LogP contribution in [0.5, 0.6) is 0 Å². The molecule has 0 bridgehead atoms. The predicted octanol–water partition coefficient (Wildman–Crippen LogP) is 4.18. The Morgan fingerprint density at radius 3 is 2.56 bits per heavy atom. The lowest BCUT2D eigenvalue weighted by molar-refractivity contribution is -0.140. The van der Waals surface area contributed by atoms with Crippen molar-refractivity contribution in [3.05, 3.63) is 77.0 Å². The lowest BCUT2D eigenvalue weighted by Gasteiger charge is -2.11. The molecule has 5 heteroatoms. The molecule has 1 atom stereocenters. The highest BCUT2D eigenvalue weighted by molar-refractivity contribution is 6.11. The molecule has 0 saturated carbocycles. The van der Waals surface area contributed by atoms with Crippen LogP contribution in [0.1, 0.15) is 34.1 Å². The molecule has 27 heavy (non-hydrogen) atoms. The second kappa shape index (κ2) is 7.71. The summed E-state index contributed by atoms with van der Waals surface area (Å²) in [6.07, 6.45) is 1.95. The summed E-state index contributed by atoms with van der Waals surface area (Å²) in [6.45, 7) is 3.39. The zero-order valence-electron chi connectivity index (χ0n) is 15.0. The molecule has 2 aromatic carbocycles. The monoisotopic (exact) mass is 358 g/mol. The molecule has 5 nitrogen and oxygen atoms in total. The van der Waals surface area contributed by atoms with Crippen LogP contribution < -0.4 is 0 Å². The number of aromatic amines is 1. The second-order valence-electron chi connectivity index (χ2n) is 6.18. The molecule has 3 rings (SSSR count). The SMILES string of the molecule is Cc1[nH]c2ccccc2c1C(=O)[C@H](C)OC(=O)/C=C/c1ccc(C#N)cc1. The third-order valence-electron chi connectivity index (χ3n) is 4.25. The Morgan fingerprint density at radius 1 is 1.15 bits per heavy atom. The van der Waals surface area contributed by atoms with Gasteiger partial charge in [0.15, 0.2) is 6.10 Å². The van der Waals surface area contributed by atoms with E-state index in [4.69, 9.17) is 10.00 Å². The highest BCUT2D eigenvalue weighted by Gasteiger charge is 2.23. The first-order valence-electron chi connectivity index (χ1n) is 8.50. The van der Waals surface area contributed by atoms with Gasteiger partial charge in [-0.3, -0.25) is 4.79 Å². The van der Waals surface area contributed by atoms with Gasteiger partial charge in [-0.25, -0.2) is 4.79 Å². The van der Waals surface area contributed by atoms with Crippen LogP contribution in [-0.4, -0.2) is 22.8 Å². The number of H-pyrrole nitrogens is 1. The van der Waals surface area contributed by atoms with Crippen LogP contribution in [0.15, 0.2) is 54.6 Å². The Hall–Kier alpha value is -3.65. The number of ketones is 1. The van der Waals surface area contributed by atoms with Gasteiger partial charge in [0.05, 0.1) is 11.6 Å². The quantitative estimate of drug-likeness (QED) is 0.421. The number of nitrogens with one attached hydrogen (secondary N) is 1. The van der Waals surface area contributed by atoms with Crippen LogP contribution in [0.4, 0.5) is 0 Å². The molecule has 3 aromatic rings. The van der Waals surface area contributed by atoms with Gasteiger partial charge in [-0.1, -0.05) is 30.3 Å². The minimum atomic E-state index is -0.902. The Labute approximate surface area is 156 Å². The fourth-order valence-corrected chi connectivity index (χ4v) is 2.90. The first kappa shape index (κ1) is 18.2. The topological polar surface area (TPSA) is 83.0 Å². The number of hydrogen-bond acceptors (Lipinski definition) is 4. The number of aryl methyl sites for hydroxylation is 1. The average molecular weight is 358 g/mol. The summed E-state index contributed by atoms with van der Waals surface area (Å²) in [7, 11) is 0. The predicted molar refractivity (Wildman–Crippen MR) is 103 cm³/mol. The maximum atomic E-state index is 12.8. The van der Waals surface area contributed by atoms with Crippen molar-refractivity contribution in [3.63, 3.8) is 0 Å². The molecule has 0 amide bonds. The molecule has 0 spiro atoms. The number of aromatic nitrogens is 1. The normalized spacial score (nSPS) is 12.0. The van der Waals surface area contributed by atoms with E-state index in [1.165, 1.54) is 6.08 Å². The third-order valence-corrected chi connectivity index (χ3v) is 4.25. The Balaban J connectivity index is 1.70. The van der Waals surface area contributed by atoms with Gasteiger partial charge in [-0.15, -0.1) is 0 Å². The number of carbonyl (C=O) groups is 2. The summed E-state index contributed by atoms with van der Waals surface area (Å²) in [5.41, 5.74) is 3.47. The molecule has 0 fully saturated rings. The lowest BCUT2D eigenvalue weighted by Crippen LogP contribution is -2.24. The van der Waals surface area contributed by atoms with Crippen molar-refractivity contribution in [2.75, 3.05) is 0 Å². The first-order chi connectivity index (χ1) is 13.0. The van der Waals surface area contributed by atoms with Gasteiger partial charge in [-0.05, 0) is 43.7 Å². The number of rotatable bonds is 5. The fourth-order valence-electron chi connectivity index (χ4n) is 2.90. The van der Waals surface area contributed by atoms with Crippen molar-refractivity contribution >= 4 is 28.7 Å². The third kappa shape index (κ3) is 3.96. The van der Waals surface area contributed by atoms with Gasteiger partial charge in [0.1, 0.15) is 0 Å². The summed E-state index contributed by atoms with van der Waals surface area (Å²) in [4.78, 5) is 28.0. The van der Waals surface area contributed by atoms with Crippen LogP contribution in [0, 0.1) is 18.3 Å². The van der Waals surface area contributed by atoms with E-state index in [2.05, 4.69) is 4.98 Å². The second-order valence-corrected chi connectivity index (χ2v) is 6.18. The Kier molecular flexibility index (Phi) is 5.18. The number of fused-ring (bicyclic) bond motifs is 1.